The number of hydrogen-bond acceptors (Lipinski definition) is 6. The Balaban J connectivity index is 2.05. The smallest absolute Gasteiger partial charge is 0.308 e. The van der Waals surface area contributed by atoms with Gasteiger partial charge in [0.1, 0.15) is 11.5 Å². The van der Waals surface area contributed by atoms with Gasteiger partial charge < -0.3 is 24.3 Å². The van der Waals surface area contributed by atoms with E-state index in [2.05, 4.69) is 5.32 Å². The molecule has 0 bridgehead atoms. The standard InChI is InChI=1S/C22H25NO6/c1-12-18(29-14(3)25)9-7-16-21(23-13(2)24)17(11-28-22(12)16)15-6-8-19(26-4)20(10-15)27-5/h6-10,17,21H,11H2,1-5H3,(H,23,24). The molecule has 0 aliphatic carbocycles. The Morgan fingerprint density at radius 1 is 1.03 bits per heavy atom. The molecule has 1 heterocycles. The van der Waals surface area contributed by atoms with E-state index in [0.717, 1.165) is 16.7 Å². The fraction of sp³-hybridized carbons (Fsp3) is 0.364. The number of hydrogen-bond donors (Lipinski definition) is 1. The summed E-state index contributed by atoms with van der Waals surface area (Å²) >= 11 is 0. The van der Waals surface area contributed by atoms with Gasteiger partial charge >= 0.3 is 5.97 Å². The lowest BCUT2D eigenvalue weighted by molar-refractivity contribution is -0.132. The van der Waals surface area contributed by atoms with Crippen molar-refractivity contribution >= 4 is 11.9 Å². The first-order valence-electron chi connectivity index (χ1n) is 9.29. The Labute approximate surface area is 169 Å². The Morgan fingerprint density at radius 3 is 2.34 bits per heavy atom. The van der Waals surface area contributed by atoms with Crippen LogP contribution in [-0.2, 0) is 9.59 Å². The lowest BCUT2D eigenvalue weighted by Crippen LogP contribution is -2.36. The molecular formula is C22H25NO6. The second-order valence-electron chi connectivity index (χ2n) is 6.91. The number of benzene rings is 2. The highest BCUT2D eigenvalue weighted by Crippen LogP contribution is 2.45. The lowest BCUT2D eigenvalue weighted by Gasteiger charge is -2.35. The topological polar surface area (TPSA) is 83.1 Å². The van der Waals surface area contributed by atoms with Crippen LogP contribution >= 0.6 is 0 Å². The second-order valence-corrected chi connectivity index (χ2v) is 6.91. The van der Waals surface area contributed by atoms with Gasteiger partial charge in [-0.05, 0) is 36.8 Å². The summed E-state index contributed by atoms with van der Waals surface area (Å²) in [5.74, 6) is 1.64. The van der Waals surface area contributed by atoms with Crippen LogP contribution in [0.4, 0.5) is 0 Å². The number of carbonyl (C=O) groups excluding carboxylic acids is 2. The van der Waals surface area contributed by atoms with Crippen LogP contribution in [0.15, 0.2) is 30.3 Å². The minimum Gasteiger partial charge on any atom is -0.493 e. The Morgan fingerprint density at radius 2 is 1.72 bits per heavy atom. The molecule has 2 aromatic carbocycles. The molecule has 29 heavy (non-hydrogen) atoms. The van der Waals surface area contributed by atoms with Crippen LogP contribution in [0.1, 0.15) is 42.5 Å². The van der Waals surface area contributed by atoms with E-state index in [1.54, 1.807) is 20.3 Å². The fourth-order valence-electron chi connectivity index (χ4n) is 3.65. The molecule has 2 unspecified atom stereocenters. The van der Waals surface area contributed by atoms with Gasteiger partial charge in [-0.1, -0.05) is 6.07 Å². The van der Waals surface area contributed by atoms with Crippen LogP contribution in [0.5, 0.6) is 23.0 Å². The van der Waals surface area contributed by atoms with Gasteiger partial charge in [-0.2, -0.15) is 0 Å². The van der Waals surface area contributed by atoms with Gasteiger partial charge in [0.15, 0.2) is 11.5 Å². The zero-order valence-electron chi connectivity index (χ0n) is 17.2. The third kappa shape index (κ3) is 4.13. The molecule has 1 aliphatic heterocycles. The van der Waals surface area contributed by atoms with Crippen LogP contribution in [-0.4, -0.2) is 32.7 Å². The molecule has 3 rings (SSSR count). The highest BCUT2D eigenvalue weighted by Gasteiger charge is 2.35. The van der Waals surface area contributed by atoms with Gasteiger partial charge in [0.2, 0.25) is 5.91 Å². The van der Waals surface area contributed by atoms with E-state index >= 15 is 0 Å². The van der Waals surface area contributed by atoms with Crippen molar-refractivity contribution in [2.24, 2.45) is 0 Å². The molecule has 0 saturated carbocycles. The van der Waals surface area contributed by atoms with Crippen molar-refractivity contribution < 1.29 is 28.5 Å². The maximum Gasteiger partial charge on any atom is 0.308 e. The Bertz CT molecular complexity index is 939. The molecule has 2 atom stereocenters. The third-order valence-electron chi connectivity index (χ3n) is 4.98. The molecular weight excluding hydrogens is 374 g/mol. The molecule has 1 aliphatic rings. The summed E-state index contributed by atoms with van der Waals surface area (Å²) in [5, 5.41) is 3.04. The molecule has 0 aromatic heterocycles. The quantitative estimate of drug-likeness (QED) is 0.614. The lowest BCUT2D eigenvalue weighted by atomic mass is 9.84. The molecule has 0 saturated heterocycles. The van der Waals surface area contributed by atoms with Crippen LogP contribution in [0.25, 0.3) is 0 Å². The second kappa shape index (κ2) is 8.43. The SMILES string of the molecule is COc1ccc(C2COc3c(ccc(OC(C)=O)c3C)C2NC(C)=O)cc1OC. The van der Waals surface area contributed by atoms with E-state index in [9.17, 15) is 9.59 Å². The summed E-state index contributed by atoms with van der Waals surface area (Å²) in [5.41, 5.74) is 2.51. The first kappa shape index (κ1) is 20.5. The van der Waals surface area contributed by atoms with Gasteiger partial charge in [0.05, 0.1) is 26.9 Å². The van der Waals surface area contributed by atoms with Crippen molar-refractivity contribution in [1.29, 1.82) is 0 Å². The van der Waals surface area contributed by atoms with E-state index in [1.807, 2.05) is 31.2 Å². The first-order valence-corrected chi connectivity index (χ1v) is 9.29. The van der Waals surface area contributed by atoms with Gasteiger partial charge in [-0.15, -0.1) is 0 Å². The normalized spacial score (nSPS) is 17.6. The molecule has 1 amide bonds. The van der Waals surface area contributed by atoms with Crippen molar-refractivity contribution in [3.8, 4) is 23.0 Å². The summed E-state index contributed by atoms with van der Waals surface area (Å²) < 4.78 is 22.1. The number of ether oxygens (including phenoxy) is 4. The van der Waals surface area contributed by atoms with E-state index in [4.69, 9.17) is 18.9 Å². The van der Waals surface area contributed by atoms with Crippen molar-refractivity contribution in [1.82, 2.24) is 5.32 Å². The van der Waals surface area contributed by atoms with Gasteiger partial charge in [0, 0.05) is 30.9 Å². The number of nitrogens with one attached hydrogen (secondary N) is 1. The summed E-state index contributed by atoms with van der Waals surface area (Å²) in [6, 6.07) is 8.92. The maximum absolute atomic E-state index is 12.0. The van der Waals surface area contributed by atoms with Crippen molar-refractivity contribution in [2.75, 3.05) is 20.8 Å². The van der Waals surface area contributed by atoms with Crippen LogP contribution < -0.4 is 24.3 Å². The molecule has 2 aromatic rings. The van der Waals surface area contributed by atoms with E-state index in [-0.39, 0.29) is 17.9 Å². The van der Waals surface area contributed by atoms with E-state index in [0.29, 0.717) is 29.6 Å². The molecule has 0 radical (unpaired) electrons. The average Bonchev–Trinajstić information content (AvgIpc) is 2.69. The van der Waals surface area contributed by atoms with Crippen molar-refractivity contribution in [3.05, 3.63) is 47.0 Å². The largest absolute Gasteiger partial charge is 0.493 e. The molecule has 7 nitrogen and oxygen atoms in total. The number of esters is 1. The molecule has 0 spiro atoms. The van der Waals surface area contributed by atoms with Crippen LogP contribution in [0.3, 0.4) is 0 Å². The highest BCUT2D eigenvalue weighted by molar-refractivity contribution is 5.74. The zero-order chi connectivity index (χ0) is 21.1. The minimum absolute atomic E-state index is 0.134. The number of fused-ring (bicyclic) bond motifs is 1. The fourth-order valence-corrected chi connectivity index (χ4v) is 3.65. The van der Waals surface area contributed by atoms with E-state index in [1.165, 1.54) is 13.8 Å². The monoisotopic (exact) mass is 399 g/mol. The number of rotatable bonds is 5. The third-order valence-corrected chi connectivity index (χ3v) is 4.98. The highest BCUT2D eigenvalue weighted by atomic mass is 16.5. The maximum atomic E-state index is 12.0. The summed E-state index contributed by atoms with van der Waals surface area (Å²) in [7, 11) is 3.17. The number of carbonyl (C=O) groups is 2. The van der Waals surface area contributed by atoms with Gasteiger partial charge in [-0.3, -0.25) is 9.59 Å². The number of methoxy groups -OCH3 is 2. The van der Waals surface area contributed by atoms with Gasteiger partial charge in [-0.25, -0.2) is 0 Å². The molecule has 0 fully saturated rings. The summed E-state index contributed by atoms with van der Waals surface area (Å²) in [6.07, 6.45) is 0. The summed E-state index contributed by atoms with van der Waals surface area (Å²) in [4.78, 5) is 23.3. The first-order chi connectivity index (χ1) is 13.8. The number of amides is 1. The van der Waals surface area contributed by atoms with Crippen molar-refractivity contribution in [2.45, 2.75) is 32.7 Å². The zero-order valence-corrected chi connectivity index (χ0v) is 17.2. The van der Waals surface area contributed by atoms with E-state index < -0.39 is 5.97 Å². The molecule has 154 valence electrons. The molecule has 1 N–H and O–H groups in total. The minimum atomic E-state index is -0.398. The average molecular weight is 399 g/mol. The Hall–Kier alpha value is -3.22. The predicted octanol–water partition coefficient (Wildman–Crippen LogP) is 3.29. The predicted molar refractivity (Wildman–Crippen MR) is 107 cm³/mol. The van der Waals surface area contributed by atoms with Crippen molar-refractivity contribution in [3.63, 3.8) is 0 Å². The summed E-state index contributed by atoms with van der Waals surface area (Å²) in [6.45, 7) is 5.02. The van der Waals surface area contributed by atoms with Crippen LogP contribution in [0.2, 0.25) is 0 Å². The molecule has 7 heteroatoms. The van der Waals surface area contributed by atoms with Crippen LogP contribution in [0, 0.1) is 6.92 Å². The Kier molecular flexibility index (Phi) is 5.96. The van der Waals surface area contributed by atoms with Gasteiger partial charge in [0.25, 0.3) is 0 Å².